The van der Waals surface area contributed by atoms with Gasteiger partial charge in [-0.25, -0.2) is 15.0 Å². The summed E-state index contributed by atoms with van der Waals surface area (Å²) >= 11 is 5.98. The molecule has 1 saturated carbocycles. The normalized spacial score (nSPS) is 28.8. The number of hydrogen-bond acceptors (Lipinski definition) is 8. The van der Waals surface area contributed by atoms with Gasteiger partial charge >= 0.3 is 0 Å². The Kier molecular flexibility index (Phi) is 5.51. The summed E-state index contributed by atoms with van der Waals surface area (Å²) in [5.41, 5.74) is 1.48. The first kappa shape index (κ1) is 22.2. The fourth-order valence-corrected chi connectivity index (χ4v) is 7.65. The zero-order chi connectivity index (χ0) is 23.4. The van der Waals surface area contributed by atoms with Crippen molar-refractivity contribution >= 4 is 33.9 Å². The predicted octanol–water partition coefficient (Wildman–Crippen LogP) is 3.30. The number of pyridine rings is 1. The number of fused-ring (bicyclic) bond motifs is 3. The van der Waals surface area contributed by atoms with E-state index in [0.717, 1.165) is 56.5 Å². The zero-order valence-electron chi connectivity index (χ0n) is 18.8. The molecular formula is C24H27ClN6O2S. The maximum Gasteiger partial charge on any atom is 0.149 e. The summed E-state index contributed by atoms with van der Waals surface area (Å²) in [4.78, 5) is 16.9. The number of anilines is 2. The van der Waals surface area contributed by atoms with Crippen LogP contribution in [0.4, 0.5) is 11.5 Å². The summed E-state index contributed by atoms with van der Waals surface area (Å²) in [7, 11) is -1.19. The van der Waals surface area contributed by atoms with Crippen molar-refractivity contribution in [1.82, 2.24) is 15.0 Å². The van der Waals surface area contributed by atoms with E-state index in [1.807, 2.05) is 0 Å². The van der Waals surface area contributed by atoms with Crippen LogP contribution < -0.4 is 10.2 Å². The molecule has 3 unspecified atom stereocenters. The maximum absolute atomic E-state index is 12.9. The minimum Gasteiger partial charge on any atom is -0.394 e. The van der Waals surface area contributed by atoms with Crippen LogP contribution in [0.3, 0.4) is 0 Å². The number of nitrogens with one attached hydrogen (secondary N) is 1. The smallest absolute Gasteiger partial charge is 0.149 e. The van der Waals surface area contributed by atoms with Crippen molar-refractivity contribution < 1.29 is 9.32 Å². The number of nitriles is 1. The number of piperidine rings is 1. The van der Waals surface area contributed by atoms with Crippen LogP contribution in [0.5, 0.6) is 0 Å². The van der Waals surface area contributed by atoms with Gasteiger partial charge in [-0.1, -0.05) is 11.6 Å². The Hall–Kier alpha value is -2.28. The average Bonchev–Trinajstić information content (AvgIpc) is 3.31. The van der Waals surface area contributed by atoms with E-state index < -0.39 is 16.3 Å². The van der Waals surface area contributed by atoms with Gasteiger partial charge in [0.05, 0.1) is 44.2 Å². The Bertz CT molecular complexity index is 1180. The standard InChI is InChI=1S/C24H27ClN6O2S/c25-15-11-27-22(28-12-15)14-8-16-2-3-17(9-14)31(16)23-18(10-26)20(30-24(13-32)5-1-6-24)21-19(29-23)4-7-34(21)33/h11-12,14,16-17,32H,1-9,13H2,(H,29,30). The summed E-state index contributed by atoms with van der Waals surface area (Å²) in [5, 5.41) is 24.4. The zero-order valence-corrected chi connectivity index (χ0v) is 20.4. The molecule has 1 aliphatic carbocycles. The molecule has 0 amide bonds. The molecule has 0 radical (unpaired) electrons. The summed E-state index contributed by atoms with van der Waals surface area (Å²) in [5.74, 6) is 2.32. The largest absolute Gasteiger partial charge is 0.394 e. The highest BCUT2D eigenvalue weighted by Gasteiger charge is 2.45. The van der Waals surface area contributed by atoms with E-state index >= 15 is 0 Å². The molecule has 6 rings (SSSR count). The van der Waals surface area contributed by atoms with Crippen LogP contribution in [0.15, 0.2) is 17.3 Å². The Balaban J connectivity index is 1.39. The summed E-state index contributed by atoms with van der Waals surface area (Å²) in [6.45, 7) is -0.00529. The van der Waals surface area contributed by atoms with E-state index in [9.17, 15) is 14.6 Å². The molecule has 2 bridgehead atoms. The Morgan fingerprint density at radius 2 is 1.97 bits per heavy atom. The van der Waals surface area contributed by atoms with E-state index in [0.29, 0.717) is 39.2 Å². The molecule has 3 aliphatic heterocycles. The van der Waals surface area contributed by atoms with Crippen molar-refractivity contribution in [3.05, 3.63) is 34.5 Å². The molecule has 3 fully saturated rings. The van der Waals surface area contributed by atoms with E-state index in [4.69, 9.17) is 16.6 Å². The third-order valence-electron chi connectivity index (χ3n) is 8.05. The Morgan fingerprint density at radius 3 is 2.56 bits per heavy atom. The fraction of sp³-hybridized carbons (Fsp3) is 0.583. The average molecular weight is 499 g/mol. The quantitative estimate of drug-likeness (QED) is 0.645. The van der Waals surface area contributed by atoms with Crippen molar-refractivity contribution in [2.75, 3.05) is 22.6 Å². The van der Waals surface area contributed by atoms with Crippen LogP contribution in [-0.4, -0.2) is 54.2 Å². The van der Waals surface area contributed by atoms with Gasteiger partial charge in [0.15, 0.2) is 0 Å². The molecule has 178 valence electrons. The molecule has 4 aliphatic rings. The number of rotatable bonds is 5. The van der Waals surface area contributed by atoms with Gasteiger partial charge in [0, 0.05) is 42.6 Å². The van der Waals surface area contributed by atoms with Crippen molar-refractivity contribution in [2.24, 2.45) is 0 Å². The minimum absolute atomic E-state index is 0.00529. The number of aromatic nitrogens is 3. The van der Waals surface area contributed by atoms with Gasteiger partial charge in [-0.05, 0) is 44.9 Å². The predicted molar refractivity (Wildman–Crippen MR) is 130 cm³/mol. The second kappa shape index (κ2) is 8.43. The van der Waals surface area contributed by atoms with Crippen molar-refractivity contribution in [3.8, 4) is 6.07 Å². The van der Waals surface area contributed by atoms with E-state index in [1.165, 1.54) is 0 Å². The SMILES string of the molecule is N#Cc1c(N2C3CCC2CC(c2ncc(Cl)cn2)C3)nc2c(c1NC1(CO)CCC1)S(=O)CC2. The number of nitrogens with zero attached hydrogens (tertiary/aromatic N) is 5. The van der Waals surface area contributed by atoms with Crippen molar-refractivity contribution in [1.29, 1.82) is 5.26 Å². The lowest BCUT2D eigenvalue weighted by Crippen LogP contribution is -2.49. The minimum atomic E-state index is -1.19. The number of halogens is 1. The topological polar surface area (TPSA) is 115 Å². The molecule has 34 heavy (non-hydrogen) atoms. The molecular weight excluding hydrogens is 472 g/mol. The number of aliphatic hydroxyl groups is 1. The molecule has 10 heteroatoms. The van der Waals surface area contributed by atoms with Gasteiger partial charge in [0.25, 0.3) is 0 Å². The fourth-order valence-electron chi connectivity index (χ4n) is 6.18. The van der Waals surface area contributed by atoms with Crippen LogP contribution in [0, 0.1) is 11.3 Å². The number of aryl methyl sites for hydroxylation is 1. The van der Waals surface area contributed by atoms with E-state index in [-0.39, 0.29) is 24.6 Å². The van der Waals surface area contributed by atoms with Crippen LogP contribution in [-0.2, 0) is 17.2 Å². The molecule has 0 aromatic carbocycles. The van der Waals surface area contributed by atoms with Crippen LogP contribution in [0.2, 0.25) is 5.02 Å². The Labute approximate surface area is 206 Å². The number of aliphatic hydroxyl groups excluding tert-OH is 1. The first-order chi connectivity index (χ1) is 16.5. The lowest BCUT2D eigenvalue weighted by Gasteiger charge is -2.43. The highest BCUT2D eigenvalue weighted by atomic mass is 35.5. The van der Waals surface area contributed by atoms with Gasteiger partial charge in [-0.2, -0.15) is 5.26 Å². The summed E-state index contributed by atoms with van der Waals surface area (Å²) < 4.78 is 12.9. The molecule has 2 N–H and O–H groups in total. The third-order valence-corrected chi connectivity index (χ3v) is 9.72. The summed E-state index contributed by atoms with van der Waals surface area (Å²) in [6.07, 6.45) is 10.5. The van der Waals surface area contributed by atoms with Gasteiger partial charge in [-0.3, -0.25) is 4.21 Å². The van der Waals surface area contributed by atoms with E-state index in [2.05, 4.69) is 26.3 Å². The molecule has 8 nitrogen and oxygen atoms in total. The van der Waals surface area contributed by atoms with Crippen molar-refractivity contribution in [2.45, 2.75) is 79.8 Å². The monoisotopic (exact) mass is 498 g/mol. The molecule has 0 spiro atoms. The second-order valence-electron chi connectivity index (χ2n) is 10.0. The van der Waals surface area contributed by atoms with Crippen LogP contribution in [0.1, 0.15) is 67.9 Å². The van der Waals surface area contributed by atoms with Gasteiger partial charge in [-0.15, -0.1) is 0 Å². The molecule has 3 atom stereocenters. The van der Waals surface area contributed by atoms with Crippen LogP contribution >= 0.6 is 11.6 Å². The van der Waals surface area contributed by atoms with Gasteiger partial charge in [0.1, 0.15) is 23.3 Å². The lowest BCUT2D eigenvalue weighted by atomic mass is 9.77. The molecule has 5 heterocycles. The molecule has 2 aromatic heterocycles. The second-order valence-corrected chi connectivity index (χ2v) is 12.0. The highest BCUT2D eigenvalue weighted by Crippen LogP contribution is 2.48. The first-order valence-electron chi connectivity index (χ1n) is 12.0. The first-order valence-corrected chi connectivity index (χ1v) is 13.7. The number of hydrogen-bond donors (Lipinski definition) is 2. The Morgan fingerprint density at radius 1 is 1.26 bits per heavy atom. The van der Waals surface area contributed by atoms with Crippen molar-refractivity contribution in [3.63, 3.8) is 0 Å². The maximum atomic E-state index is 12.9. The van der Waals surface area contributed by atoms with E-state index in [1.54, 1.807) is 12.4 Å². The van der Waals surface area contributed by atoms with Gasteiger partial charge < -0.3 is 15.3 Å². The third kappa shape index (κ3) is 3.50. The van der Waals surface area contributed by atoms with Gasteiger partial charge in [0.2, 0.25) is 0 Å². The lowest BCUT2D eigenvalue weighted by molar-refractivity contribution is 0.144. The highest BCUT2D eigenvalue weighted by molar-refractivity contribution is 7.85. The van der Waals surface area contributed by atoms with Crippen LogP contribution in [0.25, 0.3) is 0 Å². The molecule has 2 saturated heterocycles. The molecule has 2 aromatic rings. The summed E-state index contributed by atoms with van der Waals surface area (Å²) in [6, 6.07) is 2.90.